The van der Waals surface area contributed by atoms with Crippen LogP contribution in [0.3, 0.4) is 0 Å². The van der Waals surface area contributed by atoms with Gasteiger partial charge in [0.25, 0.3) is 0 Å². The van der Waals surface area contributed by atoms with Crippen molar-refractivity contribution in [1.82, 2.24) is 20.8 Å². The number of hydrogen-bond acceptors (Lipinski definition) is 5. The van der Waals surface area contributed by atoms with Crippen LogP contribution in [0.2, 0.25) is 0 Å². The van der Waals surface area contributed by atoms with Gasteiger partial charge in [0.05, 0.1) is 24.5 Å². The van der Waals surface area contributed by atoms with E-state index < -0.39 is 0 Å². The molecule has 0 fully saturated rings. The van der Waals surface area contributed by atoms with Gasteiger partial charge in [-0.05, 0) is 34.6 Å². The lowest BCUT2D eigenvalue weighted by molar-refractivity contribution is 0.392. The largest absolute Gasteiger partial charge is 0.361 e. The van der Waals surface area contributed by atoms with E-state index in [1.807, 2.05) is 27.7 Å². The first-order valence-corrected chi connectivity index (χ1v) is 8.19. The number of aliphatic imine (C=N–C) groups is 1. The predicted molar refractivity (Wildman–Crippen MR) is 105 cm³/mol. The standard InChI is InChI=1S/C15H23N5OS.HI/c1-6-16-15(17-7-13-10(3)20-21-11(13)4)18-8-14-19-9(2)12(5)22-14;/h6-8H2,1-5H3,(H2,16,17,18);1H. The van der Waals surface area contributed by atoms with Gasteiger partial charge in [-0.2, -0.15) is 0 Å². The van der Waals surface area contributed by atoms with Crippen LogP contribution >= 0.6 is 35.3 Å². The Balaban J connectivity index is 0.00000264. The van der Waals surface area contributed by atoms with Gasteiger partial charge in [-0.25, -0.2) is 9.98 Å². The number of aryl methyl sites for hydroxylation is 4. The molecule has 0 aliphatic heterocycles. The molecule has 0 bridgehead atoms. The van der Waals surface area contributed by atoms with Gasteiger partial charge >= 0.3 is 0 Å². The van der Waals surface area contributed by atoms with Crippen molar-refractivity contribution in [1.29, 1.82) is 0 Å². The lowest BCUT2D eigenvalue weighted by Gasteiger charge is -2.09. The molecule has 8 heteroatoms. The molecule has 2 rings (SSSR count). The summed E-state index contributed by atoms with van der Waals surface area (Å²) in [5, 5.41) is 11.6. The van der Waals surface area contributed by atoms with Crippen molar-refractivity contribution < 1.29 is 4.52 Å². The molecule has 0 saturated carbocycles. The van der Waals surface area contributed by atoms with Crippen LogP contribution in [-0.2, 0) is 13.1 Å². The maximum Gasteiger partial charge on any atom is 0.191 e. The Morgan fingerprint density at radius 1 is 1.17 bits per heavy atom. The zero-order chi connectivity index (χ0) is 16.1. The van der Waals surface area contributed by atoms with E-state index in [9.17, 15) is 0 Å². The number of hydrogen-bond donors (Lipinski definition) is 2. The van der Waals surface area contributed by atoms with E-state index in [2.05, 4.69) is 32.7 Å². The SMILES string of the molecule is CCNC(=NCc1c(C)noc1C)NCc1nc(C)c(C)s1.I. The summed E-state index contributed by atoms with van der Waals surface area (Å²) in [4.78, 5) is 10.4. The molecule has 128 valence electrons. The second-order valence-electron chi connectivity index (χ2n) is 5.10. The fourth-order valence-electron chi connectivity index (χ4n) is 2.00. The Bertz CT molecular complexity index is 626. The minimum atomic E-state index is 0. The maximum atomic E-state index is 5.16. The molecular weight excluding hydrogens is 425 g/mol. The van der Waals surface area contributed by atoms with Crippen molar-refractivity contribution in [2.45, 2.75) is 47.7 Å². The van der Waals surface area contributed by atoms with E-state index in [0.717, 1.165) is 40.2 Å². The number of nitrogens with one attached hydrogen (secondary N) is 2. The topological polar surface area (TPSA) is 75.3 Å². The molecule has 0 amide bonds. The van der Waals surface area contributed by atoms with Gasteiger partial charge in [-0.1, -0.05) is 5.16 Å². The van der Waals surface area contributed by atoms with E-state index in [0.29, 0.717) is 13.1 Å². The summed E-state index contributed by atoms with van der Waals surface area (Å²) in [6.45, 7) is 12.0. The first-order valence-electron chi connectivity index (χ1n) is 7.38. The summed E-state index contributed by atoms with van der Waals surface area (Å²) in [6.07, 6.45) is 0. The van der Waals surface area contributed by atoms with Crippen molar-refractivity contribution in [3.8, 4) is 0 Å². The molecule has 6 nitrogen and oxygen atoms in total. The highest BCUT2D eigenvalue weighted by Gasteiger charge is 2.09. The van der Waals surface area contributed by atoms with Gasteiger partial charge in [-0.3, -0.25) is 0 Å². The molecule has 0 atom stereocenters. The third-order valence-corrected chi connectivity index (χ3v) is 4.47. The molecule has 0 radical (unpaired) electrons. The van der Waals surface area contributed by atoms with Gasteiger partial charge in [-0.15, -0.1) is 35.3 Å². The third kappa shape index (κ3) is 5.45. The van der Waals surface area contributed by atoms with E-state index in [1.165, 1.54) is 4.88 Å². The molecule has 2 aromatic heterocycles. The average molecular weight is 449 g/mol. The van der Waals surface area contributed by atoms with E-state index in [1.54, 1.807) is 11.3 Å². The number of halogens is 1. The molecular formula is C15H24IN5OS. The van der Waals surface area contributed by atoms with Crippen LogP contribution < -0.4 is 10.6 Å². The number of nitrogens with zero attached hydrogens (tertiary/aromatic N) is 3. The first-order chi connectivity index (χ1) is 10.5. The summed E-state index contributed by atoms with van der Waals surface area (Å²) >= 11 is 1.71. The lowest BCUT2D eigenvalue weighted by atomic mass is 10.2. The van der Waals surface area contributed by atoms with E-state index in [4.69, 9.17) is 4.52 Å². The van der Waals surface area contributed by atoms with Crippen LogP contribution in [0.4, 0.5) is 0 Å². The van der Waals surface area contributed by atoms with Crippen LogP contribution in [0.5, 0.6) is 0 Å². The fourth-order valence-corrected chi connectivity index (χ4v) is 2.88. The highest BCUT2D eigenvalue weighted by Crippen LogP contribution is 2.16. The molecule has 0 spiro atoms. The third-order valence-electron chi connectivity index (χ3n) is 3.40. The Morgan fingerprint density at radius 3 is 2.43 bits per heavy atom. The monoisotopic (exact) mass is 449 g/mol. The van der Waals surface area contributed by atoms with Crippen molar-refractivity contribution >= 4 is 41.3 Å². The van der Waals surface area contributed by atoms with E-state index in [-0.39, 0.29) is 24.0 Å². The van der Waals surface area contributed by atoms with Crippen LogP contribution in [0.25, 0.3) is 0 Å². The zero-order valence-corrected chi connectivity index (χ0v) is 17.3. The average Bonchev–Trinajstić information content (AvgIpc) is 2.97. The van der Waals surface area contributed by atoms with Crippen molar-refractivity contribution in [3.05, 3.63) is 32.6 Å². The summed E-state index contributed by atoms with van der Waals surface area (Å²) < 4.78 is 5.16. The molecule has 0 unspecified atom stereocenters. The molecule has 0 aliphatic rings. The first kappa shape index (κ1) is 19.9. The molecule has 0 aliphatic carbocycles. The van der Waals surface area contributed by atoms with Crippen molar-refractivity contribution in [3.63, 3.8) is 0 Å². The van der Waals surface area contributed by atoms with Crippen molar-refractivity contribution in [2.24, 2.45) is 4.99 Å². The molecule has 2 aromatic rings. The number of rotatable bonds is 5. The Labute approximate surface area is 158 Å². The normalized spacial score (nSPS) is 11.3. The summed E-state index contributed by atoms with van der Waals surface area (Å²) in [6, 6.07) is 0. The quantitative estimate of drug-likeness (QED) is 0.417. The molecule has 23 heavy (non-hydrogen) atoms. The number of guanidine groups is 1. The van der Waals surface area contributed by atoms with Gasteiger partial charge in [0, 0.05) is 17.0 Å². The Hall–Kier alpha value is -1.16. The van der Waals surface area contributed by atoms with E-state index >= 15 is 0 Å². The summed E-state index contributed by atoms with van der Waals surface area (Å²) in [7, 11) is 0. The van der Waals surface area contributed by atoms with Crippen LogP contribution in [0.15, 0.2) is 9.52 Å². The van der Waals surface area contributed by atoms with Gasteiger partial charge in [0.15, 0.2) is 5.96 Å². The Kier molecular flexibility index (Phi) is 7.97. The minimum Gasteiger partial charge on any atom is -0.361 e. The highest BCUT2D eigenvalue weighted by atomic mass is 127. The second kappa shape index (κ2) is 9.21. The van der Waals surface area contributed by atoms with Crippen LogP contribution in [0, 0.1) is 27.7 Å². The van der Waals surface area contributed by atoms with Gasteiger partial charge in [0.2, 0.25) is 0 Å². The van der Waals surface area contributed by atoms with Gasteiger partial charge in [0.1, 0.15) is 10.8 Å². The number of thiazole rings is 1. The minimum absolute atomic E-state index is 0. The van der Waals surface area contributed by atoms with Crippen LogP contribution in [-0.4, -0.2) is 22.6 Å². The predicted octanol–water partition coefficient (Wildman–Crippen LogP) is 3.24. The van der Waals surface area contributed by atoms with Crippen molar-refractivity contribution in [2.75, 3.05) is 6.54 Å². The molecule has 0 aromatic carbocycles. The highest BCUT2D eigenvalue weighted by molar-refractivity contribution is 14.0. The molecule has 2 heterocycles. The van der Waals surface area contributed by atoms with Crippen LogP contribution in [0.1, 0.15) is 39.5 Å². The smallest absolute Gasteiger partial charge is 0.191 e. The van der Waals surface area contributed by atoms with Gasteiger partial charge < -0.3 is 15.2 Å². The maximum absolute atomic E-state index is 5.16. The number of aromatic nitrogens is 2. The molecule has 2 N–H and O–H groups in total. The lowest BCUT2D eigenvalue weighted by Crippen LogP contribution is -2.36. The zero-order valence-electron chi connectivity index (χ0n) is 14.2. The molecule has 0 saturated heterocycles. The summed E-state index contributed by atoms with van der Waals surface area (Å²) in [5.74, 6) is 1.59. The summed E-state index contributed by atoms with van der Waals surface area (Å²) in [5.41, 5.74) is 3.03. The fraction of sp³-hybridized carbons (Fsp3) is 0.533. The Morgan fingerprint density at radius 2 is 1.91 bits per heavy atom. The second-order valence-corrected chi connectivity index (χ2v) is 6.39.